The summed E-state index contributed by atoms with van der Waals surface area (Å²) in [5.74, 6) is 0.262. The van der Waals surface area contributed by atoms with E-state index in [1.165, 1.54) is 5.56 Å². The Hall–Kier alpha value is -3.06. The fourth-order valence-electron chi connectivity index (χ4n) is 4.37. The number of pyridine rings is 1. The van der Waals surface area contributed by atoms with Crippen molar-refractivity contribution in [3.8, 4) is 0 Å². The minimum atomic E-state index is 0.0257. The number of benzene rings is 1. The van der Waals surface area contributed by atoms with Crippen molar-refractivity contribution < 1.29 is 4.79 Å². The number of rotatable bonds is 4. The Morgan fingerprint density at radius 2 is 2.00 bits per heavy atom. The summed E-state index contributed by atoms with van der Waals surface area (Å²) < 4.78 is 1.84. The highest BCUT2D eigenvalue weighted by Gasteiger charge is 2.28. The Morgan fingerprint density at radius 1 is 1.16 bits per heavy atom. The number of likely N-dealkylation sites (tertiary alicyclic amines) is 1. The summed E-state index contributed by atoms with van der Waals surface area (Å²) in [7, 11) is 1.93. The van der Waals surface area contributed by atoms with Crippen LogP contribution in [0.3, 0.4) is 0 Å². The van der Waals surface area contributed by atoms with Crippen LogP contribution in [0.2, 0.25) is 0 Å². The van der Waals surface area contributed by atoms with Crippen LogP contribution in [0.1, 0.15) is 51.2 Å². The van der Waals surface area contributed by atoms with E-state index in [9.17, 15) is 4.79 Å². The molecular formula is C24H25N5OS. The van der Waals surface area contributed by atoms with E-state index in [2.05, 4.69) is 34.3 Å². The molecule has 7 heteroatoms. The SMILES string of the molecule is Cc1nn(C)c2nc([C@@H]3CCCN(C(=O)c4csc(Cc5ccccc5)n4)C3)ccc12. The predicted octanol–water partition coefficient (Wildman–Crippen LogP) is 4.34. The maximum Gasteiger partial charge on any atom is 0.273 e. The summed E-state index contributed by atoms with van der Waals surface area (Å²) in [5, 5.41) is 8.43. The number of hydrogen-bond acceptors (Lipinski definition) is 5. The fraction of sp³-hybridized carbons (Fsp3) is 0.333. The van der Waals surface area contributed by atoms with Crippen molar-refractivity contribution in [3.63, 3.8) is 0 Å². The van der Waals surface area contributed by atoms with Crippen molar-refractivity contribution >= 4 is 28.3 Å². The van der Waals surface area contributed by atoms with Crippen LogP contribution in [0.25, 0.3) is 11.0 Å². The second kappa shape index (κ2) is 8.23. The molecule has 158 valence electrons. The quantitative estimate of drug-likeness (QED) is 0.482. The molecule has 0 radical (unpaired) electrons. The smallest absolute Gasteiger partial charge is 0.273 e. The first-order chi connectivity index (χ1) is 15.1. The first-order valence-electron chi connectivity index (χ1n) is 10.7. The summed E-state index contributed by atoms with van der Waals surface area (Å²) >= 11 is 1.56. The zero-order chi connectivity index (χ0) is 21.4. The minimum Gasteiger partial charge on any atom is -0.337 e. The first-order valence-corrected chi connectivity index (χ1v) is 11.5. The van der Waals surface area contributed by atoms with Crippen LogP contribution in [0.5, 0.6) is 0 Å². The standard InChI is InChI=1S/C24H25N5OS/c1-16-19-10-11-20(26-23(19)28(2)27-16)18-9-6-12-29(14-18)24(30)21-15-31-22(25-21)13-17-7-4-3-5-8-17/h3-5,7-8,10-11,15,18H,6,9,12-14H2,1-2H3/t18-/m1/s1. The molecule has 1 saturated heterocycles. The summed E-state index contributed by atoms with van der Waals surface area (Å²) in [6, 6.07) is 14.4. The molecule has 1 aliphatic rings. The molecule has 31 heavy (non-hydrogen) atoms. The molecular weight excluding hydrogens is 406 g/mol. The van der Waals surface area contributed by atoms with E-state index in [0.717, 1.165) is 53.2 Å². The summed E-state index contributed by atoms with van der Waals surface area (Å²) in [6.45, 7) is 3.46. The normalized spacial score (nSPS) is 16.7. The Kier molecular flexibility index (Phi) is 5.28. The molecule has 6 nitrogen and oxygen atoms in total. The number of fused-ring (bicyclic) bond motifs is 1. The molecule has 0 saturated carbocycles. The Bertz CT molecular complexity index is 1230. The highest BCUT2D eigenvalue weighted by atomic mass is 32.1. The number of aryl methyl sites for hydroxylation is 2. The predicted molar refractivity (Wildman–Crippen MR) is 122 cm³/mol. The van der Waals surface area contributed by atoms with E-state index in [1.54, 1.807) is 11.3 Å². The number of hydrogen-bond donors (Lipinski definition) is 0. The van der Waals surface area contributed by atoms with Crippen LogP contribution in [-0.2, 0) is 13.5 Å². The molecule has 0 N–H and O–H groups in total. The maximum atomic E-state index is 13.1. The van der Waals surface area contributed by atoms with E-state index < -0.39 is 0 Å². The van der Waals surface area contributed by atoms with Crippen LogP contribution in [0, 0.1) is 6.92 Å². The average Bonchev–Trinajstić information content (AvgIpc) is 3.38. The third-order valence-electron chi connectivity index (χ3n) is 5.99. The number of carbonyl (C=O) groups is 1. The fourth-order valence-corrected chi connectivity index (χ4v) is 5.17. The maximum absolute atomic E-state index is 13.1. The molecule has 5 rings (SSSR count). The lowest BCUT2D eigenvalue weighted by Crippen LogP contribution is -2.39. The Balaban J connectivity index is 1.31. The van der Waals surface area contributed by atoms with Gasteiger partial charge in [0.1, 0.15) is 5.69 Å². The number of piperidine rings is 1. The molecule has 1 aliphatic heterocycles. The van der Waals surface area contributed by atoms with Gasteiger partial charge in [-0.05, 0) is 37.5 Å². The van der Waals surface area contributed by atoms with E-state index >= 15 is 0 Å². The number of amides is 1. The number of nitrogens with zero attached hydrogens (tertiary/aromatic N) is 5. The Morgan fingerprint density at radius 3 is 2.84 bits per heavy atom. The summed E-state index contributed by atoms with van der Waals surface area (Å²) in [5.41, 5.74) is 4.70. The van der Waals surface area contributed by atoms with Gasteiger partial charge in [-0.15, -0.1) is 11.3 Å². The third-order valence-corrected chi connectivity index (χ3v) is 6.84. The third kappa shape index (κ3) is 3.97. The van der Waals surface area contributed by atoms with Gasteiger partial charge in [-0.1, -0.05) is 30.3 Å². The van der Waals surface area contributed by atoms with Crippen molar-refractivity contribution in [2.75, 3.05) is 13.1 Å². The number of carbonyl (C=O) groups excluding carboxylic acids is 1. The topological polar surface area (TPSA) is 63.9 Å². The van der Waals surface area contributed by atoms with Crippen molar-refractivity contribution in [1.82, 2.24) is 24.6 Å². The van der Waals surface area contributed by atoms with Gasteiger partial charge in [-0.25, -0.2) is 9.97 Å². The van der Waals surface area contributed by atoms with E-state index in [0.29, 0.717) is 12.2 Å². The van der Waals surface area contributed by atoms with Gasteiger partial charge in [-0.3, -0.25) is 9.48 Å². The lowest BCUT2D eigenvalue weighted by atomic mass is 9.94. The highest BCUT2D eigenvalue weighted by Crippen LogP contribution is 2.29. The van der Waals surface area contributed by atoms with Gasteiger partial charge in [0.05, 0.1) is 10.7 Å². The summed E-state index contributed by atoms with van der Waals surface area (Å²) in [6.07, 6.45) is 2.77. The van der Waals surface area contributed by atoms with E-state index in [-0.39, 0.29) is 11.8 Å². The molecule has 3 aromatic heterocycles. The van der Waals surface area contributed by atoms with Crippen LogP contribution >= 0.6 is 11.3 Å². The highest BCUT2D eigenvalue weighted by molar-refractivity contribution is 7.09. The van der Waals surface area contributed by atoms with Crippen LogP contribution < -0.4 is 0 Å². The van der Waals surface area contributed by atoms with Gasteiger partial charge in [0.15, 0.2) is 5.65 Å². The molecule has 0 aliphatic carbocycles. The van der Waals surface area contributed by atoms with Gasteiger partial charge in [0.2, 0.25) is 0 Å². The zero-order valence-corrected chi connectivity index (χ0v) is 18.6. The second-order valence-electron chi connectivity index (χ2n) is 8.20. The average molecular weight is 432 g/mol. The molecule has 1 atom stereocenters. The van der Waals surface area contributed by atoms with Crippen molar-refractivity contribution in [2.45, 2.75) is 32.1 Å². The van der Waals surface area contributed by atoms with Gasteiger partial charge < -0.3 is 4.90 Å². The molecule has 1 aromatic carbocycles. The lowest BCUT2D eigenvalue weighted by molar-refractivity contribution is 0.0700. The number of thiazole rings is 1. The van der Waals surface area contributed by atoms with E-state index in [1.807, 2.05) is 47.1 Å². The first kappa shape index (κ1) is 19.9. The lowest BCUT2D eigenvalue weighted by Gasteiger charge is -2.32. The van der Waals surface area contributed by atoms with Gasteiger partial charge in [-0.2, -0.15) is 5.10 Å². The van der Waals surface area contributed by atoms with Gasteiger partial charge >= 0.3 is 0 Å². The molecule has 0 bridgehead atoms. The van der Waals surface area contributed by atoms with E-state index in [4.69, 9.17) is 4.98 Å². The van der Waals surface area contributed by atoms with Crippen molar-refractivity contribution in [1.29, 1.82) is 0 Å². The van der Waals surface area contributed by atoms with Crippen LogP contribution in [-0.4, -0.2) is 43.6 Å². The number of aromatic nitrogens is 4. The molecule has 0 spiro atoms. The van der Waals surface area contributed by atoms with Crippen molar-refractivity contribution in [3.05, 3.63) is 75.5 Å². The second-order valence-corrected chi connectivity index (χ2v) is 9.14. The molecule has 1 amide bonds. The molecule has 0 unspecified atom stereocenters. The van der Waals surface area contributed by atoms with Gasteiger partial charge in [0.25, 0.3) is 5.91 Å². The Labute approximate surface area is 185 Å². The minimum absolute atomic E-state index is 0.0257. The van der Waals surface area contributed by atoms with Crippen LogP contribution in [0.4, 0.5) is 0 Å². The van der Waals surface area contributed by atoms with Gasteiger partial charge in [0, 0.05) is 48.9 Å². The monoisotopic (exact) mass is 431 g/mol. The molecule has 1 fully saturated rings. The summed E-state index contributed by atoms with van der Waals surface area (Å²) in [4.78, 5) is 24.6. The molecule has 4 aromatic rings. The molecule has 4 heterocycles. The van der Waals surface area contributed by atoms with Crippen molar-refractivity contribution in [2.24, 2.45) is 7.05 Å². The largest absolute Gasteiger partial charge is 0.337 e. The van der Waals surface area contributed by atoms with Crippen LogP contribution in [0.15, 0.2) is 47.8 Å². The zero-order valence-electron chi connectivity index (χ0n) is 17.8.